The van der Waals surface area contributed by atoms with Crippen molar-refractivity contribution in [1.29, 1.82) is 0 Å². The van der Waals surface area contributed by atoms with Crippen LogP contribution in [0.25, 0.3) is 0 Å². The maximum atomic E-state index is 11.8. The lowest BCUT2D eigenvalue weighted by Crippen LogP contribution is -2.48. The van der Waals surface area contributed by atoms with Gasteiger partial charge in [0.15, 0.2) is 0 Å². The molecule has 1 aromatic rings. The molecule has 122 valence electrons. The molecule has 1 aliphatic rings. The number of aromatic nitrogens is 1. The molecule has 0 unspecified atom stereocenters. The molecular weight excluding hydrogens is 278 g/mol. The Morgan fingerprint density at radius 1 is 1.41 bits per heavy atom. The zero-order valence-electron chi connectivity index (χ0n) is 14.1. The average molecular weight is 305 g/mol. The van der Waals surface area contributed by atoms with Crippen molar-refractivity contribution < 1.29 is 9.53 Å². The van der Waals surface area contributed by atoms with Gasteiger partial charge in [0.25, 0.3) is 0 Å². The molecule has 0 spiro atoms. The van der Waals surface area contributed by atoms with Crippen LogP contribution in [0.5, 0.6) is 0 Å². The van der Waals surface area contributed by atoms with Gasteiger partial charge in [-0.1, -0.05) is 6.07 Å². The number of rotatable bonds is 3. The number of nitrogens with one attached hydrogen (secondary N) is 1. The molecule has 0 bridgehead atoms. The Hall–Kier alpha value is -1.78. The van der Waals surface area contributed by atoms with Gasteiger partial charge >= 0.3 is 6.09 Å². The van der Waals surface area contributed by atoms with Crippen LogP contribution >= 0.6 is 0 Å². The summed E-state index contributed by atoms with van der Waals surface area (Å²) in [5, 5.41) is 2.89. The number of ether oxygens (including phenoxy) is 1. The van der Waals surface area contributed by atoms with Crippen molar-refractivity contribution in [3.05, 3.63) is 23.9 Å². The Bertz CT molecular complexity index is 494. The third-order valence-electron chi connectivity index (χ3n) is 3.70. The zero-order valence-corrected chi connectivity index (χ0v) is 14.1. The first-order valence-electron chi connectivity index (χ1n) is 8.01. The first-order chi connectivity index (χ1) is 10.3. The number of anilines is 1. The van der Waals surface area contributed by atoms with Crippen molar-refractivity contribution in [1.82, 2.24) is 10.3 Å². The minimum Gasteiger partial charge on any atom is -0.444 e. The SMILES string of the molecule is Cc1ccc(N2CCCC[C@@H]2CNC(=O)OC(C)(C)C)nc1. The van der Waals surface area contributed by atoms with Gasteiger partial charge in [-0.3, -0.25) is 0 Å². The fourth-order valence-corrected chi connectivity index (χ4v) is 2.66. The standard InChI is InChI=1S/C17H27N3O2/c1-13-8-9-15(18-11-13)20-10-6-5-7-14(20)12-19-16(21)22-17(2,3)4/h8-9,11,14H,5-7,10,12H2,1-4H3,(H,19,21)/t14-/m1/s1. The maximum Gasteiger partial charge on any atom is 0.407 e. The summed E-state index contributed by atoms with van der Waals surface area (Å²) in [6.45, 7) is 9.22. The van der Waals surface area contributed by atoms with Gasteiger partial charge in [-0.05, 0) is 58.6 Å². The van der Waals surface area contributed by atoms with Gasteiger partial charge in [0.2, 0.25) is 0 Å². The number of hydrogen-bond donors (Lipinski definition) is 1. The van der Waals surface area contributed by atoms with E-state index in [-0.39, 0.29) is 12.1 Å². The summed E-state index contributed by atoms with van der Waals surface area (Å²) in [5.74, 6) is 0.987. The van der Waals surface area contributed by atoms with Crippen molar-refractivity contribution in [2.45, 2.75) is 58.6 Å². The lowest BCUT2D eigenvalue weighted by molar-refractivity contribution is 0.0523. The van der Waals surface area contributed by atoms with Crippen LogP contribution < -0.4 is 10.2 Å². The van der Waals surface area contributed by atoms with Crippen LogP contribution in [0.4, 0.5) is 10.6 Å². The van der Waals surface area contributed by atoms with E-state index in [1.807, 2.05) is 33.9 Å². The lowest BCUT2D eigenvalue weighted by atomic mass is 10.0. The van der Waals surface area contributed by atoms with Crippen molar-refractivity contribution in [3.63, 3.8) is 0 Å². The van der Waals surface area contributed by atoms with Crippen LogP contribution in [0, 0.1) is 6.92 Å². The highest BCUT2D eigenvalue weighted by atomic mass is 16.6. The number of aryl methyl sites for hydroxylation is 1. The summed E-state index contributed by atoms with van der Waals surface area (Å²) in [5.41, 5.74) is 0.693. The highest BCUT2D eigenvalue weighted by Gasteiger charge is 2.25. The molecule has 0 aromatic carbocycles. The molecular formula is C17H27N3O2. The van der Waals surface area contributed by atoms with Crippen LogP contribution in [-0.4, -0.2) is 35.8 Å². The highest BCUT2D eigenvalue weighted by molar-refractivity contribution is 5.67. The quantitative estimate of drug-likeness (QED) is 0.931. The molecule has 22 heavy (non-hydrogen) atoms. The number of piperidine rings is 1. The molecule has 2 rings (SSSR count). The van der Waals surface area contributed by atoms with Gasteiger partial charge in [-0.2, -0.15) is 0 Å². The summed E-state index contributed by atoms with van der Waals surface area (Å²) in [7, 11) is 0. The summed E-state index contributed by atoms with van der Waals surface area (Å²) >= 11 is 0. The monoisotopic (exact) mass is 305 g/mol. The van der Waals surface area contributed by atoms with E-state index in [2.05, 4.69) is 27.3 Å². The van der Waals surface area contributed by atoms with Crippen LogP contribution in [0.15, 0.2) is 18.3 Å². The third-order valence-corrected chi connectivity index (χ3v) is 3.70. The second-order valence-corrected chi connectivity index (χ2v) is 6.92. The highest BCUT2D eigenvalue weighted by Crippen LogP contribution is 2.23. The van der Waals surface area contributed by atoms with Gasteiger partial charge in [0, 0.05) is 25.3 Å². The number of alkyl carbamates (subject to hydrolysis) is 1. The minimum atomic E-state index is -0.463. The van der Waals surface area contributed by atoms with Crippen LogP contribution in [0.2, 0.25) is 0 Å². The predicted octanol–water partition coefficient (Wildman–Crippen LogP) is 3.27. The molecule has 1 amide bonds. The number of pyridine rings is 1. The van der Waals surface area contributed by atoms with E-state index >= 15 is 0 Å². The van der Waals surface area contributed by atoms with Crippen LogP contribution in [0.1, 0.15) is 45.6 Å². The largest absolute Gasteiger partial charge is 0.444 e. The van der Waals surface area contributed by atoms with Gasteiger partial charge in [0.1, 0.15) is 11.4 Å². The first kappa shape index (κ1) is 16.6. The molecule has 1 saturated heterocycles. The maximum absolute atomic E-state index is 11.8. The fourth-order valence-electron chi connectivity index (χ4n) is 2.66. The number of hydrogen-bond acceptors (Lipinski definition) is 4. The van der Waals surface area contributed by atoms with E-state index in [9.17, 15) is 4.79 Å². The summed E-state index contributed by atoms with van der Waals surface area (Å²) in [6.07, 6.45) is 4.95. The van der Waals surface area contributed by atoms with E-state index in [0.717, 1.165) is 24.3 Å². The van der Waals surface area contributed by atoms with Crippen LogP contribution in [-0.2, 0) is 4.74 Å². The number of carbonyl (C=O) groups is 1. The average Bonchev–Trinajstić information content (AvgIpc) is 2.45. The zero-order chi connectivity index (χ0) is 16.2. The van der Waals surface area contributed by atoms with Crippen molar-refractivity contribution in [2.75, 3.05) is 18.0 Å². The smallest absolute Gasteiger partial charge is 0.407 e. The van der Waals surface area contributed by atoms with Crippen molar-refractivity contribution in [2.24, 2.45) is 0 Å². The first-order valence-corrected chi connectivity index (χ1v) is 8.01. The number of amides is 1. The van der Waals surface area contributed by atoms with E-state index in [1.165, 1.54) is 12.8 Å². The van der Waals surface area contributed by atoms with Gasteiger partial charge in [-0.25, -0.2) is 9.78 Å². The van der Waals surface area contributed by atoms with Crippen LogP contribution in [0.3, 0.4) is 0 Å². The van der Waals surface area contributed by atoms with E-state index in [0.29, 0.717) is 6.54 Å². The van der Waals surface area contributed by atoms with Crippen molar-refractivity contribution >= 4 is 11.9 Å². The molecule has 2 heterocycles. The van der Waals surface area contributed by atoms with Gasteiger partial charge in [-0.15, -0.1) is 0 Å². The van der Waals surface area contributed by atoms with E-state index in [4.69, 9.17) is 4.74 Å². The minimum absolute atomic E-state index is 0.275. The number of nitrogens with zero attached hydrogens (tertiary/aromatic N) is 2. The Morgan fingerprint density at radius 2 is 2.18 bits per heavy atom. The van der Waals surface area contributed by atoms with Crippen molar-refractivity contribution in [3.8, 4) is 0 Å². The van der Waals surface area contributed by atoms with E-state index < -0.39 is 5.60 Å². The molecule has 1 atom stereocenters. The molecule has 0 aliphatic carbocycles. The summed E-state index contributed by atoms with van der Waals surface area (Å²) in [6, 6.07) is 4.41. The third kappa shape index (κ3) is 4.90. The Kier molecular flexibility index (Phi) is 5.27. The molecule has 5 heteroatoms. The normalized spacial score (nSPS) is 18.9. The Balaban J connectivity index is 1.95. The number of carbonyl (C=O) groups excluding carboxylic acids is 1. The van der Waals surface area contributed by atoms with E-state index in [1.54, 1.807) is 0 Å². The van der Waals surface area contributed by atoms with Gasteiger partial charge in [0.05, 0.1) is 0 Å². The lowest BCUT2D eigenvalue weighted by Gasteiger charge is -2.37. The molecule has 1 N–H and O–H groups in total. The predicted molar refractivity (Wildman–Crippen MR) is 88.2 cm³/mol. The molecule has 1 fully saturated rings. The molecule has 5 nitrogen and oxygen atoms in total. The second kappa shape index (κ2) is 6.99. The Labute approximate surface area is 133 Å². The molecule has 1 aliphatic heterocycles. The summed E-state index contributed by atoms with van der Waals surface area (Å²) < 4.78 is 5.30. The summed E-state index contributed by atoms with van der Waals surface area (Å²) in [4.78, 5) is 18.6. The Morgan fingerprint density at radius 3 is 2.82 bits per heavy atom. The molecule has 1 aromatic heterocycles. The topological polar surface area (TPSA) is 54.5 Å². The van der Waals surface area contributed by atoms with Gasteiger partial charge < -0.3 is 15.0 Å². The molecule has 0 radical (unpaired) electrons. The fraction of sp³-hybridized carbons (Fsp3) is 0.647. The second-order valence-electron chi connectivity index (χ2n) is 6.92. The molecule has 0 saturated carbocycles.